The highest BCUT2D eigenvalue weighted by atomic mass is 35.5. The minimum absolute atomic E-state index is 0.160. The van der Waals surface area contributed by atoms with Gasteiger partial charge in [-0.2, -0.15) is 9.50 Å². The van der Waals surface area contributed by atoms with Crippen LogP contribution in [-0.4, -0.2) is 35.6 Å². The van der Waals surface area contributed by atoms with Crippen molar-refractivity contribution in [2.45, 2.75) is 32.2 Å². The summed E-state index contributed by atoms with van der Waals surface area (Å²) in [6.07, 6.45) is 5.53. The van der Waals surface area contributed by atoms with Gasteiger partial charge in [-0.3, -0.25) is 4.98 Å². The van der Waals surface area contributed by atoms with Gasteiger partial charge in [-0.1, -0.05) is 18.2 Å². The molecular weight excluding hydrogens is 429 g/mol. The fraction of sp³-hybridized carbons (Fsp3) is 0.217. The fourth-order valence-corrected chi connectivity index (χ4v) is 4.69. The number of anilines is 1. The molecule has 0 unspecified atom stereocenters. The van der Waals surface area contributed by atoms with E-state index in [1.807, 2.05) is 6.92 Å². The molecule has 4 aromatic heterocycles. The van der Waals surface area contributed by atoms with Gasteiger partial charge in [-0.25, -0.2) is 9.37 Å². The predicted octanol–water partition coefficient (Wildman–Crippen LogP) is 4.74. The number of aromatic nitrogens is 6. The molecule has 1 aliphatic rings. The van der Waals surface area contributed by atoms with E-state index in [9.17, 15) is 4.39 Å². The van der Waals surface area contributed by atoms with Crippen LogP contribution >= 0.6 is 11.6 Å². The molecule has 6 rings (SSSR count). The van der Waals surface area contributed by atoms with Crippen molar-refractivity contribution >= 4 is 34.0 Å². The highest BCUT2D eigenvalue weighted by Crippen LogP contribution is 2.31. The number of H-pyrrole nitrogens is 1. The van der Waals surface area contributed by atoms with Gasteiger partial charge < -0.3 is 10.3 Å². The molecule has 1 atom stereocenters. The van der Waals surface area contributed by atoms with Gasteiger partial charge in [-0.05, 0) is 55.5 Å². The summed E-state index contributed by atoms with van der Waals surface area (Å²) >= 11 is 6.40. The summed E-state index contributed by atoms with van der Waals surface area (Å²) < 4.78 is 15.1. The Morgan fingerprint density at radius 1 is 1.22 bits per heavy atom. The van der Waals surface area contributed by atoms with E-state index in [-0.39, 0.29) is 11.3 Å². The van der Waals surface area contributed by atoms with E-state index in [1.165, 1.54) is 38.9 Å². The Morgan fingerprint density at radius 3 is 2.97 bits per heavy atom. The van der Waals surface area contributed by atoms with Crippen LogP contribution in [0, 0.1) is 12.7 Å². The van der Waals surface area contributed by atoms with Crippen molar-refractivity contribution in [3.05, 3.63) is 70.6 Å². The molecule has 1 aliphatic carbocycles. The van der Waals surface area contributed by atoms with Gasteiger partial charge in [0.2, 0.25) is 5.28 Å². The Bertz CT molecular complexity index is 1490. The number of fused-ring (bicyclic) bond motifs is 4. The molecule has 4 heterocycles. The van der Waals surface area contributed by atoms with Gasteiger partial charge in [0.1, 0.15) is 5.82 Å². The van der Waals surface area contributed by atoms with Gasteiger partial charge in [0, 0.05) is 40.0 Å². The van der Waals surface area contributed by atoms with Crippen LogP contribution in [0.25, 0.3) is 27.9 Å². The number of benzene rings is 1. The molecule has 0 fully saturated rings. The van der Waals surface area contributed by atoms with Crippen LogP contribution in [0.2, 0.25) is 5.28 Å². The zero-order valence-electron chi connectivity index (χ0n) is 17.2. The maximum absolute atomic E-state index is 13.6. The summed E-state index contributed by atoms with van der Waals surface area (Å²) in [6, 6.07) is 9.99. The largest absolute Gasteiger partial charge is 0.365 e. The van der Waals surface area contributed by atoms with Crippen LogP contribution in [0.1, 0.15) is 23.2 Å². The van der Waals surface area contributed by atoms with Crippen LogP contribution in [0.5, 0.6) is 0 Å². The quantitative estimate of drug-likeness (QED) is 0.417. The van der Waals surface area contributed by atoms with Gasteiger partial charge in [0.25, 0.3) is 0 Å². The summed E-state index contributed by atoms with van der Waals surface area (Å²) in [5.74, 6) is 0.581. The van der Waals surface area contributed by atoms with Crippen LogP contribution in [-0.2, 0) is 12.8 Å². The third kappa shape index (κ3) is 3.10. The molecule has 0 saturated carbocycles. The van der Waals surface area contributed by atoms with Crippen molar-refractivity contribution in [3.63, 3.8) is 0 Å². The lowest BCUT2D eigenvalue weighted by Crippen LogP contribution is -2.27. The Hall–Kier alpha value is -3.52. The number of nitrogens with zero attached hydrogens (tertiary/aromatic N) is 5. The molecule has 0 spiro atoms. The van der Waals surface area contributed by atoms with Crippen molar-refractivity contribution in [2.24, 2.45) is 0 Å². The summed E-state index contributed by atoms with van der Waals surface area (Å²) in [5.41, 5.74) is 5.77. The molecular formula is C23H19ClFN7. The maximum atomic E-state index is 13.6. The molecule has 32 heavy (non-hydrogen) atoms. The number of hydrogen-bond donors (Lipinski definition) is 2. The highest BCUT2D eigenvalue weighted by molar-refractivity contribution is 6.28. The SMILES string of the molecule is Cc1c(N[C@@H]2CCc3[nH]c4ccccc4c3C2)nn2c(Cl)nc(-c3cncc(F)c3)nc12. The number of hydrogen-bond acceptors (Lipinski definition) is 5. The van der Waals surface area contributed by atoms with E-state index >= 15 is 0 Å². The van der Waals surface area contributed by atoms with Gasteiger partial charge in [-0.15, -0.1) is 5.10 Å². The zero-order valence-corrected chi connectivity index (χ0v) is 18.0. The van der Waals surface area contributed by atoms with E-state index in [1.54, 1.807) is 0 Å². The van der Waals surface area contributed by atoms with E-state index < -0.39 is 5.82 Å². The number of para-hydroxylation sites is 1. The van der Waals surface area contributed by atoms with Crippen molar-refractivity contribution in [3.8, 4) is 11.4 Å². The van der Waals surface area contributed by atoms with E-state index in [0.717, 1.165) is 36.8 Å². The van der Waals surface area contributed by atoms with Crippen LogP contribution < -0.4 is 5.32 Å². The number of halogens is 2. The second kappa shape index (κ2) is 7.27. The first-order valence-corrected chi connectivity index (χ1v) is 10.8. The summed E-state index contributed by atoms with van der Waals surface area (Å²) in [4.78, 5) is 16.3. The normalized spacial score (nSPS) is 15.9. The third-order valence-corrected chi connectivity index (χ3v) is 6.32. The lowest BCUT2D eigenvalue weighted by Gasteiger charge is -2.23. The zero-order chi connectivity index (χ0) is 21.8. The van der Waals surface area contributed by atoms with E-state index in [4.69, 9.17) is 11.6 Å². The van der Waals surface area contributed by atoms with E-state index in [0.29, 0.717) is 17.0 Å². The number of aryl methyl sites for hydroxylation is 2. The maximum Gasteiger partial charge on any atom is 0.227 e. The number of rotatable bonds is 3. The molecule has 5 aromatic rings. The number of pyridine rings is 1. The van der Waals surface area contributed by atoms with Gasteiger partial charge in [0.05, 0.1) is 6.20 Å². The van der Waals surface area contributed by atoms with E-state index in [2.05, 4.69) is 54.6 Å². The second-order valence-electron chi connectivity index (χ2n) is 8.13. The minimum atomic E-state index is -0.455. The molecule has 0 amide bonds. The van der Waals surface area contributed by atoms with Gasteiger partial charge in [0.15, 0.2) is 17.3 Å². The average Bonchev–Trinajstić information content (AvgIpc) is 3.32. The third-order valence-electron chi connectivity index (χ3n) is 6.08. The molecule has 0 radical (unpaired) electrons. The monoisotopic (exact) mass is 447 g/mol. The molecule has 2 N–H and O–H groups in total. The topological polar surface area (TPSA) is 83.8 Å². The molecule has 9 heteroatoms. The van der Waals surface area contributed by atoms with Crippen LogP contribution in [0.15, 0.2) is 42.7 Å². The first-order valence-electron chi connectivity index (χ1n) is 10.5. The lowest BCUT2D eigenvalue weighted by atomic mass is 9.91. The number of aromatic amines is 1. The predicted molar refractivity (Wildman–Crippen MR) is 121 cm³/mol. The fourth-order valence-electron chi connectivity index (χ4n) is 4.49. The average molecular weight is 448 g/mol. The standard InChI is InChI=1S/C23H19ClFN7/c1-12-20(27-15-6-7-19-17(9-15)16-4-2-3-5-18(16)28-19)31-32-22(12)29-21(30-23(32)24)13-8-14(25)11-26-10-13/h2-5,8,10-11,15,28H,6-7,9H2,1H3,(H,27,31)/t15-/m1/s1. The van der Waals surface area contributed by atoms with Crippen molar-refractivity contribution in [1.29, 1.82) is 0 Å². The molecule has 0 aliphatic heterocycles. The summed E-state index contributed by atoms with van der Waals surface area (Å²) in [7, 11) is 0. The Labute approximate surface area is 187 Å². The Balaban J connectivity index is 1.34. The number of nitrogens with one attached hydrogen (secondary N) is 2. The second-order valence-corrected chi connectivity index (χ2v) is 8.47. The molecule has 1 aromatic carbocycles. The summed E-state index contributed by atoms with van der Waals surface area (Å²) in [5, 5.41) is 9.64. The minimum Gasteiger partial charge on any atom is -0.365 e. The van der Waals surface area contributed by atoms with Crippen LogP contribution in [0.4, 0.5) is 10.2 Å². The van der Waals surface area contributed by atoms with Crippen molar-refractivity contribution in [1.82, 2.24) is 29.5 Å². The molecule has 0 saturated heterocycles. The summed E-state index contributed by atoms with van der Waals surface area (Å²) in [6.45, 7) is 1.95. The first-order chi connectivity index (χ1) is 15.6. The van der Waals surface area contributed by atoms with Crippen molar-refractivity contribution < 1.29 is 4.39 Å². The smallest absolute Gasteiger partial charge is 0.227 e. The lowest BCUT2D eigenvalue weighted by molar-refractivity contribution is 0.604. The van der Waals surface area contributed by atoms with Gasteiger partial charge >= 0.3 is 0 Å². The molecule has 160 valence electrons. The van der Waals surface area contributed by atoms with Crippen molar-refractivity contribution in [2.75, 3.05) is 5.32 Å². The molecule has 7 nitrogen and oxygen atoms in total. The first kappa shape index (κ1) is 19.2. The van der Waals surface area contributed by atoms with Crippen LogP contribution in [0.3, 0.4) is 0 Å². The highest BCUT2D eigenvalue weighted by Gasteiger charge is 2.24. The Morgan fingerprint density at radius 2 is 2.09 bits per heavy atom. The Kier molecular flexibility index (Phi) is 4.36. The molecule has 0 bridgehead atoms.